The highest BCUT2D eigenvalue weighted by molar-refractivity contribution is 5.69. The van der Waals surface area contributed by atoms with Crippen LogP contribution >= 0.6 is 0 Å². The molecule has 8 aromatic rings. The molecule has 0 spiro atoms. The van der Waals surface area contributed by atoms with E-state index in [9.17, 15) is 0 Å². The number of fused-ring (bicyclic) bond motifs is 1. The summed E-state index contributed by atoms with van der Waals surface area (Å²) in [5, 5.41) is 0. The number of aromatic nitrogens is 4. The fourth-order valence-corrected chi connectivity index (χ4v) is 10.9. The van der Waals surface area contributed by atoms with Crippen molar-refractivity contribution in [3.8, 4) is 45.0 Å². The smallest absolute Gasteiger partial charge is 0.201 e. The van der Waals surface area contributed by atoms with Crippen LogP contribution in [0.25, 0.3) is 45.0 Å². The molecule has 0 saturated carbocycles. The van der Waals surface area contributed by atoms with Gasteiger partial charge < -0.3 is 0 Å². The zero-order valence-electron chi connectivity index (χ0n) is 77.4. The van der Waals surface area contributed by atoms with Crippen LogP contribution in [0.15, 0.2) is 97.6 Å². The summed E-state index contributed by atoms with van der Waals surface area (Å²) in [5.41, 5.74) is 18.9. The van der Waals surface area contributed by atoms with Crippen molar-refractivity contribution >= 4 is 0 Å². The van der Waals surface area contributed by atoms with Crippen LogP contribution in [0.3, 0.4) is 0 Å². The van der Waals surface area contributed by atoms with Gasteiger partial charge in [0.15, 0.2) is 24.8 Å². The highest BCUT2D eigenvalue weighted by Crippen LogP contribution is 2.34. The number of hydrogen-bond donors (Lipinski definition) is 0. The minimum Gasteiger partial charge on any atom is -0.201 e. The predicted octanol–water partition coefficient (Wildman–Crippen LogP) is 17.6. The van der Waals surface area contributed by atoms with Crippen LogP contribution in [0.2, 0.25) is 0 Å². The third-order valence-electron chi connectivity index (χ3n) is 15.7. The van der Waals surface area contributed by atoms with Crippen LogP contribution in [0.1, 0.15) is 220 Å². The second kappa shape index (κ2) is 26.4. The molecule has 1 aliphatic carbocycles. The molecule has 9 rings (SSSR count). The average Bonchev–Trinajstić information content (AvgIpc) is 0.742. The van der Waals surface area contributed by atoms with Crippen molar-refractivity contribution in [3.63, 3.8) is 0 Å². The molecule has 0 aliphatic heterocycles. The zero-order valence-corrected chi connectivity index (χ0v) is 50.4. The molecule has 4 nitrogen and oxygen atoms in total. The largest absolute Gasteiger partial charge is 0.215 e. The molecule has 422 valence electrons. The first-order valence-electron chi connectivity index (χ1n) is 40.8. The Labute approximate surface area is 524 Å². The van der Waals surface area contributed by atoms with E-state index in [0.29, 0.717) is 27.8 Å². The molecule has 4 heterocycles. The maximum absolute atomic E-state index is 8.56. The van der Waals surface area contributed by atoms with Gasteiger partial charge in [0, 0.05) is 105 Å². The van der Waals surface area contributed by atoms with Gasteiger partial charge in [-0.1, -0.05) is 88.9 Å². The normalized spacial score (nSPS) is 20.4. The monoisotopic (exact) mass is 1100 g/mol. The summed E-state index contributed by atoms with van der Waals surface area (Å²) in [7, 11) is 7.31. The van der Waals surface area contributed by atoms with Crippen LogP contribution in [-0.2, 0) is 41.0 Å². The predicted molar refractivity (Wildman–Crippen MR) is 342 cm³/mol. The van der Waals surface area contributed by atoms with E-state index in [-0.39, 0.29) is 33.5 Å². The Morgan fingerprint density at radius 1 is 0.362 bits per heavy atom. The molecule has 0 bridgehead atoms. The molecule has 4 aromatic carbocycles. The first-order valence-corrected chi connectivity index (χ1v) is 27.3. The van der Waals surface area contributed by atoms with Gasteiger partial charge in [-0.05, 0) is 238 Å². The van der Waals surface area contributed by atoms with Crippen molar-refractivity contribution in [3.05, 3.63) is 209 Å². The van der Waals surface area contributed by atoms with Crippen molar-refractivity contribution in [1.29, 1.82) is 0 Å². The zero-order chi connectivity index (χ0) is 82.1. The summed E-state index contributed by atoms with van der Waals surface area (Å²) in [6.45, 7) is 2.43. The van der Waals surface area contributed by atoms with Crippen LogP contribution in [0.4, 0.5) is 0 Å². The van der Waals surface area contributed by atoms with E-state index >= 15 is 0 Å². The SMILES string of the molecule is Cc1ccc(-c2cc3c(c[n+]2C)CCCC3)c(C)c1.[2H]C([2H])([2H])c1c[n+](C)c(-c2cc(C)c(C([2H])(C)C([2H])([2H])[2H])cc2C)c(C)c1C.[2H]C([2H])([2H])c1cc(C)c(-c2cc(C([2H])(C)C([2H])([2H])[2H])c(C([2H])([2H])[2H])c[n+]2C)cc1C([2H])(C)C([2H])([2H])[2H].[2H]C([2H])([2H])c1ccc(-c2c(C)c(C)c(C([2H])([2H])[2H])c[n+]2C)c(C)c1. The average molecular weight is 1100 g/mol. The molecule has 4 aromatic heterocycles. The molecule has 0 amide bonds. The summed E-state index contributed by atoms with van der Waals surface area (Å²) in [5.74, 6) is -6.32. The minimum atomic E-state index is -2.88. The Balaban J connectivity index is 0.000000228. The molecule has 4 heteroatoms. The van der Waals surface area contributed by atoms with Crippen LogP contribution in [-0.4, -0.2) is 0 Å². The Hall–Kier alpha value is -6.52. The van der Waals surface area contributed by atoms with Gasteiger partial charge in [-0.3, -0.25) is 0 Å². The lowest BCUT2D eigenvalue weighted by atomic mass is 9.90. The Morgan fingerprint density at radius 3 is 1.39 bits per heavy atom. The van der Waals surface area contributed by atoms with E-state index in [1.54, 1.807) is 59.3 Å². The van der Waals surface area contributed by atoms with Gasteiger partial charge in [0.1, 0.15) is 28.2 Å². The van der Waals surface area contributed by atoms with E-state index in [2.05, 4.69) is 55.9 Å². The maximum Gasteiger partial charge on any atom is 0.215 e. The van der Waals surface area contributed by atoms with Gasteiger partial charge in [-0.25, -0.2) is 18.3 Å². The summed E-state index contributed by atoms with van der Waals surface area (Å²) in [6, 6.07) is 21.7. The van der Waals surface area contributed by atoms with Gasteiger partial charge >= 0.3 is 0 Å². The van der Waals surface area contributed by atoms with E-state index in [1.165, 1.54) is 91.0 Å². The number of benzene rings is 4. The Morgan fingerprint density at radius 2 is 0.825 bits per heavy atom. The van der Waals surface area contributed by atoms with Gasteiger partial charge in [0.25, 0.3) is 0 Å². The molecule has 0 fully saturated rings. The van der Waals surface area contributed by atoms with Gasteiger partial charge in [-0.2, -0.15) is 0 Å². The molecular formula is C76H102N4+4. The van der Waals surface area contributed by atoms with Crippen molar-refractivity contribution in [2.24, 2.45) is 28.2 Å². The Bertz CT molecular complexity index is 4560. The number of nitrogens with zero attached hydrogens (tertiary/aromatic N) is 4. The van der Waals surface area contributed by atoms with Gasteiger partial charge in [0.05, 0.1) is 0 Å². The standard InChI is InChI=1S/C21H30N.C20H28N.C18H22N.C17H22N/c1-13(2)18-10-20(16(6)9-15(18)5)21-11-19(14(3)4)17(7)12-22(21)8;1-12(2)18-9-14(4)19(10-13(18)3)20-17(7)16(6)15(5)11-21(20)8;1-13-8-9-17(14(2)10-13)18-11-15-6-4-5-7-16(15)12-19(18)3;1-11-7-8-16(12(2)9-11)17-15(5)14(4)13(3)10-18(17)6/h9-14H,1-8H3;9-12H,1-8H3;8-12H,4-7H2,1-3H3;7-10H,1-6H3/q4*+1/i1D3,3D3,5D3,7D3,13D,14D;1D3,5D3,12D;;1D3,3D3. The second-order valence-electron chi connectivity index (χ2n) is 22.0. The maximum atomic E-state index is 8.56. The number of aryl methyl sites for hydroxylation is 17. The third kappa shape index (κ3) is 14.1. The van der Waals surface area contributed by atoms with Crippen LogP contribution in [0, 0.1) is 103 Å². The molecule has 0 saturated heterocycles. The lowest BCUT2D eigenvalue weighted by Crippen LogP contribution is -2.33. The highest BCUT2D eigenvalue weighted by atomic mass is 14.9. The molecule has 80 heavy (non-hydrogen) atoms. The summed E-state index contributed by atoms with van der Waals surface area (Å²) < 4.78 is 219. The molecule has 3 unspecified atom stereocenters. The quantitative estimate of drug-likeness (QED) is 0.141. The van der Waals surface area contributed by atoms with Crippen molar-refractivity contribution < 1.29 is 55.3 Å². The number of hydrogen-bond acceptors (Lipinski definition) is 0. The number of pyridine rings is 4. The van der Waals surface area contributed by atoms with Gasteiger partial charge in [-0.15, -0.1) is 0 Å². The van der Waals surface area contributed by atoms with Crippen molar-refractivity contribution in [2.75, 3.05) is 0 Å². The topological polar surface area (TPSA) is 15.5 Å². The minimum absolute atomic E-state index is 0.234. The van der Waals surface area contributed by atoms with Gasteiger partial charge in [0.2, 0.25) is 22.8 Å². The molecular weight excluding hydrogens is 969 g/mol. The fourth-order valence-electron chi connectivity index (χ4n) is 10.9. The molecule has 0 N–H and O–H groups in total. The Kier molecular flexibility index (Phi) is 11.4. The highest BCUT2D eigenvalue weighted by Gasteiger charge is 2.24. The summed E-state index contributed by atoms with van der Waals surface area (Å²) >= 11 is 0. The summed E-state index contributed by atoms with van der Waals surface area (Å²) in [6.07, 6.45) is 12.0. The van der Waals surface area contributed by atoms with Crippen molar-refractivity contribution in [2.45, 2.75) is 188 Å². The van der Waals surface area contributed by atoms with Crippen LogP contribution in [0.5, 0.6) is 0 Å². The molecule has 0 radical (unpaired) electrons. The van der Waals surface area contributed by atoms with E-state index in [1.807, 2.05) is 73.2 Å². The van der Waals surface area contributed by atoms with E-state index in [4.69, 9.17) is 37.0 Å². The molecule has 1 aliphatic rings. The van der Waals surface area contributed by atoms with Crippen molar-refractivity contribution in [1.82, 2.24) is 0 Å². The fraction of sp³-hybridized carbons (Fsp3) is 0.421. The van der Waals surface area contributed by atoms with E-state index < -0.39 is 72.5 Å². The summed E-state index contributed by atoms with van der Waals surface area (Å²) in [4.78, 5) is 0. The first kappa shape index (κ1) is 34.7. The second-order valence-corrected chi connectivity index (χ2v) is 22.0. The first-order chi connectivity index (χ1) is 48.2. The third-order valence-corrected chi connectivity index (χ3v) is 15.7. The lowest BCUT2D eigenvalue weighted by molar-refractivity contribution is -0.661. The van der Waals surface area contributed by atoms with E-state index in [0.717, 1.165) is 75.3 Å². The van der Waals surface area contributed by atoms with Crippen LogP contribution < -0.4 is 18.3 Å². The number of rotatable bonds is 7. The lowest BCUT2D eigenvalue weighted by Gasteiger charge is -2.16. The molecule has 3 atom stereocenters.